The molecule has 0 radical (unpaired) electrons. The van der Waals surface area contributed by atoms with Crippen molar-refractivity contribution in [1.29, 1.82) is 0 Å². The smallest absolute Gasteiger partial charge is 0.0601 e. The minimum Gasteiger partial charge on any atom is -0.293 e. The maximum atomic E-state index is 4.36. The first kappa shape index (κ1) is 10.5. The second-order valence-electron chi connectivity index (χ2n) is 5.14. The minimum absolute atomic E-state index is 0.312. The highest BCUT2D eigenvalue weighted by molar-refractivity contribution is 5.64. The average molecular weight is 179 g/mol. The Kier molecular flexibility index (Phi) is 2.94. The van der Waals surface area contributed by atoms with Crippen LogP contribution in [0.25, 0.3) is 0 Å². The van der Waals surface area contributed by atoms with Gasteiger partial charge in [0.25, 0.3) is 0 Å². The molecule has 0 aromatic rings. The van der Waals surface area contributed by atoms with Gasteiger partial charge in [-0.3, -0.25) is 4.99 Å². The lowest BCUT2D eigenvalue weighted by Gasteiger charge is -2.29. The summed E-state index contributed by atoms with van der Waals surface area (Å²) >= 11 is 0. The third-order valence-electron chi connectivity index (χ3n) is 2.68. The molecule has 0 spiro atoms. The molecule has 0 aliphatic carbocycles. The molecule has 1 rings (SSSR count). The Morgan fingerprint density at radius 1 is 1.31 bits per heavy atom. The van der Waals surface area contributed by atoms with E-state index in [4.69, 9.17) is 0 Å². The summed E-state index contributed by atoms with van der Waals surface area (Å²) in [6.45, 7) is 12.3. The molecule has 0 bridgehead atoms. The first-order valence-electron chi connectivity index (χ1n) is 5.13. The zero-order valence-corrected chi connectivity index (χ0v) is 9.52. The van der Waals surface area contributed by atoms with E-state index in [1.54, 1.807) is 11.1 Å². The highest BCUT2D eigenvalue weighted by Crippen LogP contribution is 2.34. The fourth-order valence-electron chi connectivity index (χ4n) is 1.86. The Morgan fingerprint density at radius 2 is 1.92 bits per heavy atom. The molecule has 0 aromatic carbocycles. The molecule has 1 heterocycles. The van der Waals surface area contributed by atoms with Gasteiger partial charge in [-0.15, -0.1) is 0 Å². The van der Waals surface area contributed by atoms with Crippen molar-refractivity contribution in [3.8, 4) is 0 Å². The zero-order valence-electron chi connectivity index (χ0n) is 9.52. The van der Waals surface area contributed by atoms with Crippen LogP contribution in [0.15, 0.2) is 16.1 Å². The van der Waals surface area contributed by atoms with Gasteiger partial charge in [0, 0.05) is 12.6 Å². The molecule has 74 valence electrons. The summed E-state index contributed by atoms with van der Waals surface area (Å²) in [5, 5.41) is 0. The Hall–Kier alpha value is -0.590. The predicted octanol–water partition coefficient (Wildman–Crippen LogP) is 3.46. The van der Waals surface area contributed by atoms with E-state index in [1.807, 2.05) is 0 Å². The average Bonchev–Trinajstić information content (AvgIpc) is 2.03. The Balaban J connectivity index is 2.99. The molecule has 0 saturated heterocycles. The van der Waals surface area contributed by atoms with Gasteiger partial charge < -0.3 is 0 Å². The maximum Gasteiger partial charge on any atom is 0.0601 e. The van der Waals surface area contributed by atoms with Gasteiger partial charge in [0.05, 0.1) is 6.54 Å². The number of hydrogen-bond acceptors (Lipinski definition) is 1. The van der Waals surface area contributed by atoms with Gasteiger partial charge in [-0.2, -0.15) is 0 Å². The zero-order chi connectivity index (χ0) is 10.1. The number of hydrogen-bond donors (Lipinski definition) is 0. The summed E-state index contributed by atoms with van der Waals surface area (Å²) in [7, 11) is 0. The van der Waals surface area contributed by atoms with E-state index in [0.29, 0.717) is 11.3 Å². The van der Waals surface area contributed by atoms with Crippen LogP contribution in [0.3, 0.4) is 0 Å². The van der Waals surface area contributed by atoms with Crippen molar-refractivity contribution in [1.82, 2.24) is 0 Å². The molecule has 1 nitrogen and oxygen atoms in total. The van der Waals surface area contributed by atoms with Crippen LogP contribution in [-0.2, 0) is 0 Å². The van der Waals surface area contributed by atoms with E-state index in [1.165, 1.54) is 0 Å². The van der Waals surface area contributed by atoms with Crippen molar-refractivity contribution < 1.29 is 0 Å². The van der Waals surface area contributed by atoms with Crippen molar-refractivity contribution >= 4 is 6.21 Å². The summed E-state index contributed by atoms with van der Waals surface area (Å²) in [4.78, 5) is 4.36. The second-order valence-corrected chi connectivity index (χ2v) is 5.14. The normalized spacial score (nSPS) is 18.6. The quantitative estimate of drug-likeness (QED) is 0.547. The molecule has 0 atom stereocenters. The number of aliphatic imine (C=N–C) groups is 1. The SMILES string of the molecule is CC(C)C1=C(C(C)(C)C)CC=NC1. The summed E-state index contributed by atoms with van der Waals surface area (Å²) in [6.07, 6.45) is 3.11. The lowest BCUT2D eigenvalue weighted by Crippen LogP contribution is -2.19. The molecule has 0 unspecified atom stereocenters. The van der Waals surface area contributed by atoms with E-state index in [0.717, 1.165) is 13.0 Å². The van der Waals surface area contributed by atoms with Crippen molar-refractivity contribution in [3.05, 3.63) is 11.1 Å². The van der Waals surface area contributed by atoms with E-state index in [2.05, 4.69) is 45.8 Å². The monoisotopic (exact) mass is 179 g/mol. The van der Waals surface area contributed by atoms with Crippen molar-refractivity contribution in [2.45, 2.75) is 41.0 Å². The number of nitrogens with zero attached hydrogens (tertiary/aromatic N) is 1. The van der Waals surface area contributed by atoms with Crippen LogP contribution in [-0.4, -0.2) is 12.8 Å². The third-order valence-corrected chi connectivity index (χ3v) is 2.68. The summed E-state index contributed by atoms with van der Waals surface area (Å²) in [5.41, 5.74) is 3.46. The van der Waals surface area contributed by atoms with Gasteiger partial charge in [-0.05, 0) is 16.9 Å². The molecular formula is C12H21N. The standard InChI is InChI=1S/C12H21N/c1-9(2)10-8-13-7-6-11(10)12(3,4)5/h7,9H,6,8H2,1-5H3. The molecule has 1 heteroatoms. The lowest BCUT2D eigenvalue weighted by atomic mass is 9.78. The van der Waals surface area contributed by atoms with E-state index < -0.39 is 0 Å². The molecule has 1 aliphatic rings. The van der Waals surface area contributed by atoms with E-state index in [9.17, 15) is 0 Å². The van der Waals surface area contributed by atoms with Crippen LogP contribution in [0.5, 0.6) is 0 Å². The number of rotatable bonds is 1. The van der Waals surface area contributed by atoms with Gasteiger partial charge in [0.1, 0.15) is 0 Å². The Bertz CT molecular complexity index is 238. The van der Waals surface area contributed by atoms with Crippen LogP contribution < -0.4 is 0 Å². The van der Waals surface area contributed by atoms with Crippen molar-refractivity contribution in [2.24, 2.45) is 16.3 Å². The summed E-state index contributed by atoms with van der Waals surface area (Å²) in [6, 6.07) is 0. The molecule has 1 aliphatic heterocycles. The fraction of sp³-hybridized carbons (Fsp3) is 0.750. The highest BCUT2D eigenvalue weighted by Gasteiger charge is 2.23. The van der Waals surface area contributed by atoms with Crippen LogP contribution in [0.4, 0.5) is 0 Å². The summed E-state index contributed by atoms with van der Waals surface area (Å²) in [5.74, 6) is 0.645. The maximum absolute atomic E-state index is 4.36. The van der Waals surface area contributed by atoms with Gasteiger partial charge in [-0.25, -0.2) is 0 Å². The van der Waals surface area contributed by atoms with Gasteiger partial charge in [-0.1, -0.05) is 40.2 Å². The van der Waals surface area contributed by atoms with E-state index in [-0.39, 0.29) is 0 Å². The van der Waals surface area contributed by atoms with Gasteiger partial charge in [0.15, 0.2) is 0 Å². The van der Waals surface area contributed by atoms with Crippen molar-refractivity contribution in [3.63, 3.8) is 0 Å². The Labute approximate surface area is 82.0 Å². The van der Waals surface area contributed by atoms with Crippen LogP contribution in [0.1, 0.15) is 41.0 Å². The highest BCUT2D eigenvalue weighted by atomic mass is 14.7. The van der Waals surface area contributed by atoms with Crippen LogP contribution >= 0.6 is 0 Å². The third kappa shape index (κ3) is 2.43. The van der Waals surface area contributed by atoms with Crippen LogP contribution in [0.2, 0.25) is 0 Å². The predicted molar refractivity (Wildman–Crippen MR) is 59.3 cm³/mol. The first-order chi connectivity index (χ1) is 5.93. The van der Waals surface area contributed by atoms with Crippen LogP contribution in [0, 0.1) is 11.3 Å². The molecule has 0 saturated carbocycles. The number of allylic oxidation sites excluding steroid dienone is 1. The fourth-order valence-corrected chi connectivity index (χ4v) is 1.86. The minimum atomic E-state index is 0.312. The van der Waals surface area contributed by atoms with Gasteiger partial charge in [0.2, 0.25) is 0 Å². The molecule has 0 fully saturated rings. The van der Waals surface area contributed by atoms with E-state index >= 15 is 0 Å². The number of dihydropyridines is 1. The van der Waals surface area contributed by atoms with Gasteiger partial charge >= 0.3 is 0 Å². The molecule has 0 N–H and O–H groups in total. The molecule has 0 amide bonds. The second kappa shape index (κ2) is 3.65. The lowest BCUT2D eigenvalue weighted by molar-refractivity contribution is 0.478. The molecular weight excluding hydrogens is 158 g/mol. The first-order valence-corrected chi connectivity index (χ1v) is 5.13. The molecule has 13 heavy (non-hydrogen) atoms. The van der Waals surface area contributed by atoms with Crippen molar-refractivity contribution in [2.75, 3.05) is 6.54 Å². The summed E-state index contributed by atoms with van der Waals surface area (Å²) < 4.78 is 0. The largest absolute Gasteiger partial charge is 0.293 e. The Morgan fingerprint density at radius 3 is 2.31 bits per heavy atom. The topological polar surface area (TPSA) is 12.4 Å². The molecule has 0 aromatic heterocycles.